The molecule has 0 spiro atoms. The summed E-state index contributed by atoms with van der Waals surface area (Å²) in [5.41, 5.74) is 1.18. The molecule has 1 unspecified atom stereocenters. The van der Waals surface area contributed by atoms with Crippen LogP contribution in [0.4, 0.5) is 5.69 Å². The number of hydrogen-bond acceptors (Lipinski definition) is 4. The average molecular weight is 397 g/mol. The maximum Gasteiger partial charge on any atom is 0.241 e. The molecule has 2 rings (SSSR count). The Labute approximate surface area is 158 Å². The van der Waals surface area contributed by atoms with Gasteiger partial charge in [0.25, 0.3) is 0 Å². The summed E-state index contributed by atoms with van der Waals surface area (Å²) >= 11 is 5.84. The minimum absolute atomic E-state index is 0.333. The van der Waals surface area contributed by atoms with Crippen LogP contribution < -0.4 is 14.4 Å². The third-order valence-electron chi connectivity index (χ3n) is 3.79. The summed E-state index contributed by atoms with van der Waals surface area (Å²) < 4.78 is 30.5. The number of para-hydroxylation sites is 1. The van der Waals surface area contributed by atoms with Gasteiger partial charge < -0.3 is 10.1 Å². The second-order valence-electron chi connectivity index (χ2n) is 5.78. The summed E-state index contributed by atoms with van der Waals surface area (Å²) in [5, 5.41) is 3.29. The number of amides is 1. The second kappa shape index (κ2) is 8.42. The molecule has 6 nitrogen and oxygen atoms in total. The third kappa shape index (κ3) is 5.12. The molecule has 0 aromatic heterocycles. The van der Waals surface area contributed by atoms with E-state index in [-0.39, 0.29) is 12.6 Å². The molecular weight excluding hydrogens is 376 g/mol. The number of benzene rings is 2. The Kier molecular flexibility index (Phi) is 6.50. The van der Waals surface area contributed by atoms with Gasteiger partial charge in [0.15, 0.2) is 0 Å². The molecule has 1 amide bonds. The molecule has 0 bridgehead atoms. The highest BCUT2D eigenvalue weighted by molar-refractivity contribution is 7.92. The summed E-state index contributed by atoms with van der Waals surface area (Å²) in [6.45, 7) is 1.47. The zero-order valence-electron chi connectivity index (χ0n) is 14.8. The molecule has 0 aliphatic rings. The van der Waals surface area contributed by atoms with Gasteiger partial charge in [0.2, 0.25) is 15.9 Å². The zero-order chi connectivity index (χ0) is 19.3. The van der Waals surface area contributed by atoms with Gasteiger partial charge in [-0.3, -0.25) is 9.10 Å². The quantitative estimate of drug-likeness (QED) is 0.780. The fourth-order valence-corrected chi connectivity index (χ4v) is 3.51. The number of hydrogen-bond donors (Lipinski definition) is 1. The first kappa shape index (κ1) is 20.1. The fraction of sp³-hybridized carbons (Fsp3) is 0.278. The number of methoxy groups -OCH3 is 1. The van der Waals surface area contributed by atoms with Crippen LogP contribution in [0, 0.1) is 0 Å². The first-order valence-electron chi connectivity index (χ1n) is 7.88. The van der Waals surface area contributed by atoms with Crippen LogP contribution in [0.2, 0.25) is 5.02 Å². The lowest BCUT2D eigenvalue weighted by Gasteiger charge is -2.23. The molecule has 0 radical (unpaired) electrons. The zero-order valence-corrected chi connectivity index (χ0v) is 16.3. The van der Waals surface area contributed by atoms with E-state index < -0.39 is 15.9 Å². The van der Waals surface area contributed by atoms with Gasteiger partial charge in [0, 0.05) is 10.6 Å². The Morgan fingerprint density at radius 3 is 2.38 bits per heavy atom. The van der Waals surface area contributed by atoms with Gasteiger partial charge in [-0.15, -0.1) is 0 Å². The summed E-state index contributed by atoms with van der Waals surface area (Å²) in [5.74, 6) is 0.224. The molecule has 0 heterocycles. The van der Waals surface area contributed by atoms with Gasteiger partial charge >= 0.3 is 0 Å². The number of carbonyl (C=O) groups excluding carboxylic acids is 1. The van der Waals surface area contributed by atoms with E-state index in [1.54, 1.807) is 37.4 Å². The normalized spacial score (nSPS) is 12.3. The second-order valence-corrected chi connectivity index (χ2v) is 8.12. The van der Waals surface area contributed by atoms with E-state index >= 15 is 0 Å². The van der Waals surface area contributed by atoms with Gasteiger partial charge in [-0.1, -0.05) is 29.8 Å². The number of nitrogens with zero attached hydrogens (tertiary/aromatic N) is 1. The van der Waals surface area contributed by atoms with Crippen LogP contribution in [0.1, 0.15) is 18.5 Å². The molecule has 2 aromatic rings. The maximum atomic E-state index is 12.4. The van der Waals surface area contributed by atoms with Gasteiger partial charge in [-0.05, 0) is 37.3 Å². The Morgan fingerprint density at radius 2 is 1.81 bits per heavy atom. The maximum absolute atomic E-state index is 12.4. The molecule has 0 saturated carbocycles. The Morgan fingerprint density at radius 1 is 1.19 bits per heavy atom. The highest BCUT2D eigenvalue weighted by atomic mass is 35.5. The van der Waals surface area contributed by atoms with Crippen molar-refractivity contribution in [3.63, 3.8) is 0 Å². The van der Waals surface area contributed by atoms with Crippen molar-refractivity contribution in [2.45, 2.75) is 13.0 Å². The van der Waals surface area contributed by atoms with E-state index in [1.807, 2.05) is 25.1 Å². The molecule has 0 fully saturated rings. The molecule has 1 N–H and O–H groups in total. The largest absolute Gasteiger partial charge is 0.496 e. The SMILES string of the molecule is COc1ccccc1C(C)NC(=O)CN(c1ccc(Cl)cc1)S(C)(=O)=O. The lowest BCUT2D eigenvalue weighted by molar-refractivity contribution is -0.120. The highest BCUT2D eigenvalue weighted by Crippen LogP contribution is 2.25. The third-order valence-corrected chi connectivity index (χ3v) is 5.18. The molecule has 2 aromatic carbocycles. The first-order chi connectivity index (χ1) is 12.2. The van der Waals surface area contributed by atoms with Crippen LogP contribution in [0.15, 0.2) is 48.5 Å². The fourth-order valence-electron chi connectivity index (χ4n) is 2.53. The van der Waals surface area contributed by atoms with Crippen molar-refractivity contribution in [3.05, 3.63) is 59.1 Å². The molecule has 0 aliphatic carbocycles. The molecular formula is C18H21ClN2O4S. The van der Waals surface area contributed by atoms with Crippen LogP contribution in [0.5, 0.6) is 5.75 Å². The number of ether oxygens (including phenoxy) is 1. The van der Waals surface area contributed by atoms with Crippen molar-refractivity contribution in [2.75, 3.05) is 24.2 Å². The van der Waals surface area contributed by atoms with Gasteiger partial charge in [-0.2, -0.15) is 0 Å². The van der Waals surface area contributed by atoms with Crippen LogP contribution in [-0.4, -0.2) is 34.2 Å². The summed E-state index contributed by atoms with van der Waals surface area (Å²) in [4.78, 5) is 12.4. The molecule has 8 heteroatoms. The van der Waals surface area contributed by atoms with Gasteiger partial charge in [0.05, 0.1) is 25.1 Å². The van der Waals surface area contributed by atoms with Crippen molar-refractivity contribution in [1.29, 1.82) is 0 Å². The van der Waals surface area contributed by atoms with Crippen LogP contribution in [0.3, 0.4) is 0 Å². The Hall–Kier alpha value is -2.25. The van der Waals surface area contributed by atoms with Crippen molar-refractivity contribution in [2.24, 2.45) is 0 Å². The van der Waals surface area contributed by atoms with Crippen LogP contribution >= 0.6 is 11.6 Å². The number of carbonyl (C=O) groups is 1. The first-order valence-corrected chi connectivity index (χ1v) is 10.1. The summed E-state index contributed by atoms with van der Waals surface area (Å²) in [6, 6.07) is 13.2. The number of sulfonamides is 1. The van der Waals surface area contributed by atoms with E-state index in [4.69, 9.17) is 16.3 Å². The van der Waals surface area contributed by atoms with Crippen LogP contribution in [-0.2, 0) is 14.8 Å². The molecule has 0 aliphatic heterocycles. The minimum Gasteiger partial charge on any atom is -0.496 e. The monoisotopic (exact) mass is 396 g/mol. The molecule has 140 valence electrons. The molecule has 0 saturated heterocycles. The van der Waals surface area contributed by atoms with Crippen LogP contribution in [0.25, 0.3) is 0 Å². The average Bonchev–Trinajstić information content (AvgIpc) is 2.59. The van der Waals surface area contributed by atoms with Gasteiger partial charge in [-0.25, -0.2) is 8.42 Å². The number of anilines is 1. The Bertz CT molecular complexity index is 869. The van der Waals surface area contributed by atoms with E-state index in [9.17, 15) is 13.2 Å². The van der Waals surface area contributed by atoms with Crippen molar-refractivity contribution >= 4 is 33.2 Å². The molecule has 1 atom stereocenters. The van der Waals surface area contributed by atoms with E-state index in [1.165, 1.54) is 0 Å². The van der Waals surface area contributed by atoms with Crippen molar-refractivity contribution in [1.82, 2.24) is 5.32 Å². The minimum atomic E-state index is -3.63. The molecule has 26 heavy (non-hydrogen) atoms. The smallest absolute Gasteiger partial charge is 0.241 e. The highest BCUT2D eigenvalue weighted by Gasteiger charge is 2.22. The topological polar surface area (TPSA) is 75.7 Å². The number of rotatable bonds is 7. The standard InChI is InChI=1S/C18H21ClN2O4S/c1-13(16-6-4-5-7-17(16)25-2)20-18(22)12-21(26(3,23)24)15-10-8-14(19)9-11-15/h4-11,13H,12H2,1-3H3,(H,20,22). The predicted molar refractivity (Wildman–Crippen MR) is 103 cm³/mol. The summed E-state index contributed by atoms with van der Waals surface area (Å²) in [6.07, 6.45) is 1.05. The predicted octanol–water partition coefficient (Wildman–Crippen LogP) is 2.99. The van der Waals surface area contributed by atoms with Crippen molar-refractivity contribution in [3.8, 4) is 5.75 Å². The lowest BCUT2D eigenvalue weighted by atomic mass is 10.1. The van der Waals surface area contributed by atoms with E-state index in [2.05, 4.69) is 5.32 Å². The number of nitrogens with one attached hydrogen (secondary N) is 1. The number of halogens is 1. The van der Waals surface area contributed by atoms with Crippen molar-refractivity contribution < 1.29 is 17.9 Å². The lowest BCUT2D eigenvalue weighted by Crippen LogP contribution is -2.41. The van der Waals surface area contributed by atoms with E-state index in [0.717, 1.165) is 16.1 Å². The Balaban J connectivity index is 2.16. The van der Waals surface area contributed by atoms with Gasteiger partial charge in [0.1, 0.15) is 12.3 Å². The van der Waals surface area contributed by atoms with E-state index in [0.29, 0.717) is 16.5 Å². The summed E-state index contributed by atoms with van der Waals surface area (Å²) in [7, 11) is -2.08.